The standard InChI is InChI=1S/C24H18FNO4/c1-15-23(16-7-3-2-4-8-16)24(28)18-12-11-17(13-21(18)30-15)29-14-22(27)26-20-10-6-5-9-19(20)25/h2-13H,14H2,1H3,(H,26,27). The van der Waals surface area contributed by atoms with Gasteiger partial charge in [0.25, 0.3) is 5.91 Å². The summed E-state index contributed by atoms with van der Waals surface area (Å²) in [5, 5.41) is 2.87. The molecule has 0 radical (unpaired) electrons. The Morgan fingerprint density at radius 1 is 1.03 bits per heavy atom. The average molecular weight is 403 g/mol. The van der Waals surface area contributed by atoms with Crippen LogP contribution in [0.3, 0.4) is 0 Å². The van der Waals surface area contributed by atoms with Gasteiger partial charge in [-0.15, -0.1) is 0 Å². The minimum absolute atomic E-state index is 0.0830. The molecule has 30 heavy (non-hydrogen) atoms. The molecule has 6 heteroatoms. The Morgan fingerprint density at radius 2 is 1.77 bits per heavy atom. The highest BCUT2D eigenvalue weighted by Crippen LogP contribution is 2.26. The lowest BCUT2D eigenvalue weighted by atomic mass is 10.0. The van der Waals surface area contributed by atoms with E-state index in [1.807, 2.05) is 30.3 Å². The van der Waals surface area contributed by atoms with Gasteiger partial charge in [-0.3, -0.25) is 9.59 Å². The third kappa shape index (κ3) is 3.93. The maximum atomic E-state index is 13.6. The van der Waals surface area contributed by atoms with Crippen molar-refractivity contribution in [2.75, 3.05) is 11.9 Å². The van der Waals surface area contributed by atoms with E-state index >= 15 is 0 Å². The number of ether oxygens (including phenoxy) is 1. The Morgan fingerprint density at radius 3 is 2.53 bits per heavy atom. The number of hydrogen-bond acceptors (Lipinski definition) is 4. The van der Waals surface area contributed by atoms with Crippen molar-refractivity contribution in [1.82, 2.24) is 0 Å². The number of amides is 1. The van der Waals surface area contributed by atoms with Crippen LogP contribution in [0.1, 0.15) is 5.76 Å². The second-order valence-electron chi connectivity index (χ2n) is 6.70. The molecule has 5 nitrogen and oxygen atoms in total. The molecule has 0 spiro atoms. The maximum Gasteiger partial charge on any atom is 0.262 e. The number of carbonyl (C=O) groups excluding carboxylic acids is 1. The quantitative estimate of drug-likeness (QED) is 0.513. The second kappa shape index (κ2) is 8.21. The first-order chi connectivity index (χ1) is 14.5. The summed E-state index contributed by atoms with van der Waals surface area (Å²) in [6, 6.07) is 20.0. The van der Waals surface area contributed by atoms with Crippen molar-refractivity contribution in [3.63, 3.8) is 0 Å². The minimum Gasteiger partial charge on any atom is -0.484 e. The zero-order valence-electron chi connectivity index (χ0n) is 16.1. The van der Waals surface area contributed by atoms with E-state index in [9.17, 15) is 14.0 Å². The van der Waals surface area contributed by atoms with E-state index in [2.05, 4.69) is 5.32 Å². The van der Waals surface area contributed by atoms with Gasteiger partial charge in [-0.05, 0) is 36.8 Å². The zero-order valence-corrected chi connectivity index (χ0v) is 16.1. The molecule has 150 valence electrons. The van der Waals surface area contributed by atoms with E-state index in [-0.39, 0.29) is 17.7 Å². The molecule has 0 saturated heterocycles. The topological polar surface area (TPSA) is 68.5 Å². The molecule has 0 aliphatic heterocycles. The van der Waals surface area contributed by atoms with Crippen LogP contribution in [0.5, 0.6) is 5.75 Å². The van der Waals surface area contributed by atoms with Crippen LogP contribution in [0.2, 0.25) is 0 Å². The van der Waals surface area contributed by atoms with Crippen LogP contribution in [0, 0.1) is 12.7 Å². The summed E-state index contributed by atoms with van der Waals surface area (Å²) in [6.07, 6.45) is 0. The normalized spacial score (nSPS) is 10.7. The summed E-state index contributed by atoms with van der Waals surface area (Å²) in [5.74, 6) is -0.172. The van der Waals surface area contributed by atoms with Gasteiger partial charge in [0, 0.05) is 6.07 Å². The highest BCUT2D eigenvalue weighted by atomic mass is 19.1. The largest absolute Gasteiger partial charge is 0.484 e. The predicted molar refractivity (Wildman–Crippen MR) is 113 cm³/mol. The first kappa shape index (κ1) is 19.4. The molecule has 0 unspecified atom stereocenters. The van der Waals surface area contributed by atoms with Crippen molar-refractivity contribution >= 4 is 22.6 Å². The molecule has 1 N–H and O–H groups in total. The van der Waals surface area contributed by atoms with Crippen molar-refractivity contribution < 1.29 is 18.3 Å². The zero-order chi connectivity index (χ0) is 21.1. The van der Waals surface area contributed by atoms with E-state index in [0.29, 0.717) is 28.0 Å². The molecule has 1 heterocycles. The first-order valence-electron chi connectivity index (χ1n) is 9.33. The Hall–Kier alpha value is -3.93. The van der Waals surface area contributed by atoms with E-state index in [1.54, 1.807) is 31.2 Å². The molecule has 1 aromatic heterocycles. The van der Waals surface area contributed by atoms with Gasteiger partial charge in [0.1, 0.15) is 22.9 Å². The van der Waals surface area contributed by atoms with Crippen LogP contribution in [0.15, 0.2) is 82.0 Å². The predicted octanol–water partition coefficient (Wildman–Crippen LogP) is 4.93. The smallest absolute Gasteiger partial charge is 0.262 e. The molecule has 0 fully saturated rings. The SMILES string of the molecule is Cc1oc2cc(OCC(=O)Nc3ccccc3F)ccc2c(=O)c1-c1ccccc1. The van der Waals surface area contributed by atoms with Crippen molar-refractivity contribution in [2.24, 2.45) is 0 Å². The summed E-state index contributed by atoms with van der Waals surface area (Å²) in [6.45, 7) is 1.42. The summed E-state index contributed by atoms with van der Waals surface area (Å²) in [5.41, 5.74) is 1.62. The van der Waals surface area contributed by atoms with Gasteiger partial charge in [-0.1, -0.05) is 42.5 Å². The number of carbonyl (C=O) groups is 1. The molecule has 0 saturated carbocycles. The van der Waals surface area contributed by atoms with E-state index < -0.39 is 11.7 Å². The van der Waals surface area contributed by atoms with Crippen LogP contribution in [-0.4, -0.2) is 12.5 Å². The maximum absolute atomic E-state index is 13.6. The minimum atomic E-state index is -0.525. The van der Waals surface area contributed by atoms with Gasteiger partial charge in [0.2, 0.25) is 5.43 Å². The average Bonchev–Trinajstić information content (AvgIpc) is 2.74. The monoisotopic (exact) mass is 403 g/mol. The van der Waals surface area contributed by atoms with Gasteiger partial charge in [0.05, 0.1) is 16.6 Å². The molecule has 1 amide bonds. The lowest BCUT2D eigenvalue weighted by molar-refractivity contribution is -0.118. The number of anilines is 1. The van der Waals surface area contributed by atoms with E-state index in [1.165, 1.54) is 18.2 Å². The molecular formula is C24H18FNO4. The van der Waals surface area contributed by atoms with Gasteiger partial charge in [-0.25, -0.2) is 4.39 Å². The Balaban J connectivity index is 1.55. The number of halogens is 1. The van der Waals surface area contributed by atoms with Gasteiger partial charge < -0.3 is 14.5 Å². The molecule has 0 aliphatic rings. The van der Waals surface area contributed by atoms with E-state index in [4.69, 9.17) is 9.15 Å². The van der Waals surface area contributed by atoms with Crippen molar-refractivity contribution in [2.45, 2.75) is 6.92 Å². The number of aryl methyl sites for hydroxylation is 1. The van der Waals surface area contributed by atoms with Crippen molar-refractivity contribution in [3.8, 4) is 16.9 Å². The second-order valence-corrected chi connectivity index (χ2v) is 6.70. The van der Waals surface area contributed by atoms with Gasteiger partial charge in [-0.2, -0.15) is 0 Å². The molecular weight excluding hydrogens is 385 g/mol. The van der Waals surface area contributed by atoms with Crippen LogP contribution in [-0.2, 0) is 4.79 Å². The number of benzene rings is 3. The molecule has 0 bridgehead atoms. The number of para-hydroxylation sites is 1. The summed E-state index contributed by atoms with van der Waals surface area (Å²) in [7, 11) is 0. The molecule has 0 aliphatic carbocycles. The molecule has 4 aromatic rings. The molecule has 4 rings (SSSR count). The Bertz CT molecular complexity index is 1280. The molecule has 0 atom stereocenters. The fourth-order valence-corrected chi connectivity index (χ4v) is 3.21. The third-order valence-electron chi connectivity index (χ3n) is 4.62. The highest BCUT2D eigenvalue weighted by molar-refractivity contribution is 5.92. The van der Waals surface area contributed by atoms with Gasteiger partial charge >= 0.3 is 0 Å². The van der Waals surface area contributed by atoms with Gasteiger partial charge in [0.15, 0.2) is 6.61 Å². The Kier molecular flexibility index (Phi) is 5.30. The fourth-order valence-electron chi connectivity index (χ4n) is 3.21. The number of rotatable bonds is 5. The lowest BCUT2D eigenvalue weighted by Crippen LogP contribution is -2.20. The highest BCUT2D eigenvalue weighted by Gasteiger charge is 2.14. The summed E-state index contributed by atoms with van der Waals surface area (Å²) in [4.78, 5) is 25.0. The van der Waals surface area contributed by atoms with Crippen molar-refractivity contribution in [3.05, 3.63) is 94.6 Å². The van der Waals surface area contributed by atoms with Crippen LogP contribution < -0.4 is 15.5 Å². The lowest BCUT2D eigenvalue weighted by Gasteiger charge is -2.10. The van der Waals surface area contributed by atoms with Crippen LogP contribution in [0.25, 0.3) is 22.1 Å². The van der Waals surface area contributed by atoms with E-state index in [0.717, 1.165) is 5.56 Å². The number of hydrogen-bond donors (Lipinski definition) is 1. The fraction of sp³-hybridized carbons (Fsp3) is 0.0833. The van der Waals surface area contributed by atoms with Crippen LogP contribution >= 0.6 is 0 Å². The van der Waals surface area contributed by atoms with Crippen LogP contribution in [0.4, 0.5) is 10.1 Å². The number of nitrogens with one attached hydrogen (secondary N) is 1. The third-order valence-corrected chi connectivity index (χ3v) is 4.62. The first-order valence-corrected chi connectivity index (χ1v) is 9.33. The summed E-state index contributed by atoms with van der Waals surface area (Å²) < 4.78 is 25.0. The van der Waals surface area contributed by atoms with Crippen molar-refractivity contribution in [1.29, 1.82) is 0 Å². The Labute approximate surface area is 171 Å². The number of fused-ring (bicyclic) bond motifs is 1. The molecule has 3 aromatic carbocycles. The summed E-state index contributed by atoms with van der Waals surface area (Å²) >= 11 is 0.